The third-order valence-corrected chi connectivity index (χ3v) is 2.92. The van der Waals surface area contributed by atoms with Gasteiger partial charge in [-0.15, -0.1) is 0 Å². The fraction of sp³-hybridized carbons (Fsp3) is 0.500. The van der Waals surface area contributed by atoms with Crippen molar-refractivity contribution in [2.45, 2.75) is 33.1 Å². The Kier molecular flexibility index (Phi) is 3.86. The van der Waals surface area contributed by atoms with Crippen LogP contribution in [0.4, 0.5) is 0 Å². The van der Waals surface area contributed by atoms with Crippen LogP contribution in [0.3, 0.4) is 0 Å². The van der Waals surface area contributed by atoms with E-state index in [0.29, 0.717) is 5.92 Å². The first-order valence-electron chi connectivity index (χ1n) is 4.83. The third kappa shape index (κ3) is 2.77. The fourth-order valence-electron chi connectivity index (χ4n) is 1.43. The van der Waals surface area contributed by atoms with E-state index in [4.69, 9.17) is 0 Å². The van der Waals surface area contributed by atoms with Crippen molar-refractivity contribution in [2.75, 3.05) is 5.75 Å². The van der Waals surface area contributed by atoms with Gasteiger partial charge in [-0.3, -0.25) is 0 Å². The van der Waals surface area contributed by atoms with E-state index in [-0.39, 0.29) is 0 Å². The molecule has 0 saturated heterocycles. The molecule has 1 unspecified atom stereocenters. The Labute approximate surface area is 86.8 Å². The Balaban J connectivity index is 2.84. The highest BCUT2D eigenvalue weighted by Gasteiger charge is 2.04. The maximum atomic E-state index is 4.26. The lowest BCUT2D eigenvalue weighted by Crippen LogP contribution is -1.95. The van der Waals surface area contributed by atoms with Crippen LogP contribution in [0.2, 0.25) is 0 Å². The van der Waals surface area contributed by atoms with Gasteiger partial charge in [0, 0.05) is 0 Å². The van der Waals surface area contributed by atoms with E-state index in [1.165, 1.54) is 16.7 Å². The molecule has 0 aliphatic rings. The molecular weight excluding hydrogens is 176 g/mol. The average Bonchev–Trinajstić information content (AvgIpc) is 2.10. The number of rotatable bonds is 3. The minimum absolute atomic E-state index is 0.636. The number of thiol groups is 1. The molecule has 1 aromatic carbocycles. The smallest absolute Gasteiger partial charge is 0.00922 e. The zero-order valence-corrected chi connectivity index (χ0v) is 9.57. The highest BCUT2D eigenvalue weighted by Crippen LogP contribution is 2.21. The van der Waals surface area contributed by atoms with Gasteiger partial charge in [-0.1, -0.05) is 25.1 Å². The monoisotopic (exact) mass is 194 g/mol. The van der Waals surface area contributed by atoms with Gasteiger partial charge in [0.2, 0.25) is 0 Å². The number of hydrogen-bond donors (Lipinski definition) is 1. The predicted octanol–water partition coefficient (Wildman–Crippen LogP) is 3.73. The summed E-state index contributed by atoms with van der Waals surface area (Å²) >= 11 is 4.26. The van der Waals surface area contributed by atoms with Gasteiger partial charge in [0.25, 0.3) is 0 Å². The summed E-state index contributed by atoms with van der Waals surface area (Å²) < 4.78 is 0. The molecule has 0 aliphatic heterocycles. The topological polar surface area (TPSA) is 0 Å². The van der Waals surface area contributed by atoms with Gasteiger partial charge in [0.1, 0.15) is 0 Å². The van der Waals surface area contributed by atoms with Crippen LogP contribution in [0, 0.1) is 13.8 Å². The third-order valence-electron chi connectivity index (χ3n) is 2.66. The Morgan fingerprint density at radius 2 is 1.92 bits per heavy atom. The minimum Gasteiger partial charge on any atom is -0.179 e. The summed E-state index contributed by atoms with van der Waals surface area (Å²) in [5, 5.41) is 0. The van der Waals surface area contributed by atoms with Crippen LogP contribution in [0.25, 0.3) is 0 Å². The molecule has 0 heterocycles. The molecule has 1 aromatic rings. The Bertz CT molecular complexity index is 278. The van der Waals surface area contributed by atoms with Gasteiger partial charge < -0.3 is 0 Å². The van der Waals surface area contributed by atoms with Gasteiger partial charge in [-0.2, -0.15) is 12.6 Å². The molecule has 0 N–H and O–H groups in total. The van der Waals surface area contributed by atoms with Crippen molar-refractivity contribution < 1.29 is 0 Å². The fourth-order valence-corrected chi connectivity index (χ4v) is 1.82. The second-order valence-corrected chi connectivity index (χ2v) is 4.20. The van der Waals surface area contributed by atoms with E-state index < -0.39 is 0 Å². The maximum Gasteiger partial charge on any atom is -0.00922 e. The summed E-state index contributed by atoms with van der Waals surface area (Å²) in [6, 6.07) is 6.74. The lowest BCUT2D eigenvalue weighted by atomic mass is 9.95. The van der Waals surface area contributed by atoms with Gasteiger partial charge in [0.05, 0.1) is 0 Å². The number of benzene rings is 1. The second-order valence-electron chi connectivity index (χ2n) is 3.76. The molecule has 72 valence electrons. The van der Waals surface area contributed by atoms with Crippen molar-refractivity contribution in [3.8, 4) is 0 Å². The number of hydrogen-bond acceptors (Lipinski definition) is 1. The van der Waals surface area contributed by atoms with E-state index in [0.717, 1.165) is 12.2 Å². The largest absolute Gasteiger partial charge is 0.179 e. The van der Waals surface area contributed by atoms with E-state index in [9.17, 15) is 0 Å². The molecule has 0 aliphatic carbocycles. The van der Waals surface area contributed by atoms with Crippen LogP contribution in [-0.4, -0.2) is 5.75 Å². The van der Waals surface area contributed by atoms with Crippen LogP contribution in [0.15, 0.2) is 18.2 Å². The zero-order chi connectivity index (χ0) is 9.84. The molecule has 1 rings (SSSR count). The molecule has 0 aromatic heterocycles. The molecule has 0 nitrogen and oxygen atoms in total. The zero-order valence-electron chi connectivity index (χ0n) is 8.67. The Hall–Kier alpha value is -0.430. The lowest BCUT2D eigenvalue weighted by Gasteiger charge is -2.11. The van der Waals surface area contributed by atoms with Crippen LogP contribution in [0.1, 0.15) is 36.0 Å². The summed E-state index contributed by atoms with van der Waals surface area (Å²) in [4.78, 5) is 0. The quantitative estimate of drug-likeness (QED) is 0.696. The van der Waals surface area contributed by atoms with Gasteiger partial charge in [-0.05, 0) is 48.6 Å². The van der Waals surface area contributed by atoms with E-state index >= 15 is 0 Å². The molecule has 0 spiro atoms. The van der Waals surface area contributed by atoms with Crippen LogP contribution >= 0.6 is 12.6 Å². The normalized spacial score (nSPS) is 12.9. The first kappa shape index (κ1) is 10.6. The van der Waals surface area contributed by atoms with Crippen molar-refractivity contribution in [3.05, 3.63) is 34.9 Å². The van der Waals surface area contributed by atoms with Gasteiger partial charge in [0.15, 0.2) is 0 Å². The SMILES string of the molecule is Cc1ccc(C(C)CCS)cc1C. The molecule has 0 amide bonds. The van der Waals surface area contributed by atoms with Crippen molar-refractivity contribution in [1.29, 1.82) is 0 Å². The highest BCUT2D eigenvalue weighted by atomic mass is 32.1. The summed E-state index contributed by atoms with van der Waals surface area (Å²) in [7, 11) is 0. The summed E-state index contributed by atoms with van der Waals surface area (Å²) in [6.07, 6.45) is 1.16. The minimum atomic E-state index is 0.636. The molecule has 1 heteroatoms. The van der Waals surface area contributed by atoms with Crippen LogP contribution in [-0.2, 0) is 0 Å². The van der Waals surface area contributed by atoms with E-state index in [1.807, 2.05) is 0 Å². The molecule has 13 heavy (non-hydrogen) atoms. The molecule has 1 atom stereocenters. The standard InChI is InChI=1S/C12H18S/c1-9-4-5-12(8-11(9)3)10(2)6-7-13/h4-5,8,10,13H,6-7H2,1-3H3. The van der Waals surface area contributed by atoms with E-state index in [2.05, 4.69) is 51.6 Å². The molecule has 0 fully saturated rings. The lowest BCUT2D eigenvalue weighted by molar-refractivity contribution is 0.741. The second kappa shape index (κ2) is 4.71. The summed E-state index contributed by atoms with van der Waals surface area (Å²) in [5.41, 5.74) is 4.21. The molecular formula is C12H18S. The Morgan fingerprint density at radius 3 is 2.46 bits per heavy atom. The molecule has 0 bridgehead atoms. The highest BCUT2D eigenvalue weighted by molar-refractivity contribution is 7.80. The summed E-state index contributed by atoms with van der Waals surface area (Å²) in [5.74, 6) is 1.60. The van der Waals surface area contributed by atoms with Crippen LogP contribution in [0.5, 0.6) is 0 Å². The van der Waals surface area contributed by atoms with Crippen molar-refractivity contribution in [3.63, 3.8) is 0 Å². The predicted molar refractivity (Wildman–Crippen MR) is 62.8 cm³/mol. The van der Waals surface area contributed by atoms with Crippen LogP contribution < -0.4 is 0 Å². The van der Waals surface area contributed by atoms with Crippen molar-refractivity contribution in [1.82, 2.24) is 0 Å². The first-order chi connectivity index (χ1) is 6.15. The molecule has 0 saturated carbocycles. The maximum absolute atomic E-state index is 4.26. The van der Waals surface area contributed by atoms with Gasteiger partial charge >= 0.3 is 0 Å². The van der Waals surface area contributed by atoms with Crippen molar-refractivity contribution >= 4 is 12.6 Å². The first-order valence-corrected chi connectivity index (χ1v) is 5.46. The number of aryl methyl sites for hydroxylation is 2. The van der Waals surface area contributed by atoms with Gasteiger partial charge in [-0.25, -0.2) is 0 Å². The average molecular weight is 194 g/mol. The van der Waals surface area contributed by atoms with E-state index in [1.54, 1.807) is 0 Å². The Morgan fingerprint density at radius 1 is 1.23 bits per heavy atom. The summed E-state index contributed by atoms with van der Waals surface area (Å²) in [6.45, 7) is 6.59. The molecule has 0 radical (unpaired) electrons. The van der Waals surface area contributed by atoms with Crippen molar-refractivity contribution in [2.24, 2.45) is 0 Å².